The highest BCUT2D eigenvalue weighted by Gasteiger charge is 2.35. The van der Waals surface area contributed by atoms with E-state index in [0.717, 1.165) is 41.5 Å². The van der Waals surface area contributed by atoms with E-state index in [9.17, 15) is 13.2 Å². The fraction of sp³-hybridized carbons (Fsp3) is 0.348. The summed E-state index contributed by atoms with van der Waals surface area (Å²) in [6.07, 6.45) is 1.36. The van der Waals surface area contributed by atoms with Gasteiger partial charge in [0.05, 0.1) is 0 Å². The van der Waals surface area contributed by atoms with Crippen LogP contribution in [0.3, 0.4) is 0 Å². The van der Waals surface area contributed by atoms with Crippen LogP contribution in [0.4, 0.5) is 24.8 Å². The SMILES string of the molecule is Cc1cnc2c(c1)C(C)(Cc1cnc(NCc3ccc(C(F)(F)F)nc3)c(C)c1)CN2. The summed E-state index contributed by atoms with van der Waals surface area (Å²) in [6.45, 7) is 7.41. The highest BCUT2D eigenvalue weighted by atomic mass is 19.4. The maximum atomic E-state index is 12.6. The van der Waals surface area contributed by atoms with Gasteiger partial charge in [-0.2, -0.15) is 13.2 Å². The fourth-order valence-electron chi connectivity index (χ4n) is 3.95. The van der Waals surface area contributed by atoms with Gasteiger partial charge in [0.2, 0.25) is 0 Å². The summed E-state index contributed by atoms with van der Waals surface area (Å²) < 4.78 is 37.9. The second-order valence-electron chi connectivity index (χ2n) is 8.41. The number of nitrogens with zero attached hydrogens (tertiary/aromatic N) is 3. The van der Waals surface area contributed by atoms with Gasteiger partial charge >= 0.3 is 6.18 Å². The number of alkyl halides is 3. The van der Waals surface area contributed by atoms with Crippen LogP contribution in [0.2, 0.25) is 0 Å². The zero-order valence-electron chi connectivity index (χ0n) is 17.6. The lowest BCUT2D eigenvalue weighted by atomic mass is 9.79. The van der Waals surface area contributed by atoms with Crippen LogP contribution in [0.1, 0.15) is 40.4 Å². The molecule has 31 heavy (non-hydrogen) atoms. The Bertz CT molecular complexity index is 1100. The van der Waals surface area contributed by atoms with Gasteiger partial charge in [0, 0.05) is 42.7 Å². The normalized spacial score (nSPS) is 17.9. The van der Waals surface area contributed by atoms with Crippen molar-refractivity contribution in [3.63, 3.8) is 0 Å². The lowest BCUT2D eigenvalue weighted by Crippen LogP contribution is -2.27. The maximum absolute atomic E-state index is 12.6. The van der Waals surface area contributed by atoms with E-state index in [1.807, 2.05) is 26.2 Å². The van der Waals surface area contributed by atoms with Crippen molar-refractivity contribution < 1.29 is 13.2 Å². The molecular formula is C23H24F3N5. The molecule has 0 amide bonds. The Hall–Kier alpha value is -3.16. The predicted octanol–water partition coefficient (Wildman–Crippen LogP) is 5.05. The molecule has 0 aromatic carbocycles. The number of hydrogen-bond donors (Lipinski definition) is 2. The van der Waals surface area contributed by atoms with Crippen molar-refractivity contribution in [3.05, 3.63) is 76.4 Å². The summed E-state index contributed by atoms with van der Waals surface area (Å²) >= 11 is 0. The first-order valence-electron chi connectivity index (χ1n) is 10.1. The molecule has 3 aromatic heterocycles. The van der Waals surface area contributed by atoms with Gasteiger partial charge in [-0.1, -0.05) is 25.1 Å². The molecule has 0 saturated carbocycles. The van der Waals surface area contributed by atoms with Crippen molar-refractivity contribution in [1.29, 1.82) is 0 Å². The van der Waals surface area contributed by atoms with Crippen LogP contribution in [0.25, 0.3) is 0 Å². The van der Waals surface area contributed by atoms with Crippen molar-refractivity contribution in [2.75, 3.05) is 17.2 Å². The van der Waals surface area contributed by atoms with Crippen LogP contribution in [-0.2, 0) is 24.6 Å². The highest BCUT2D eigenvalue weighted by molar-refractivity contribution is 5.56. The summed E-state index contributed by atoms with van der Waals surface area (Å²) in [7, 11) is 0. The monoisotopic (exact) mass is 427 g/mol. The van der Waals surface area contributed by atoms with Crippen LogP contribution in [0.5, 0.6) is 0 Å². The predicted molar refractivity (Wildman–Crippen MR) is 114 cm³/mol. The van der Waals surface area contributed by atoms with Gasteiger partial charge in [-0.15, -0.1) is 0 Å². The smallest absolute Gasteiger partial charge is 0.369 e. The Balaban J connectivity index is 1.44. The molecule has 1 atom stereocenters. The van der Waals surface area contributed by atoms with E-state index in [0.29, 0.717) is 17.9 Å². The molecule has 4 rings (SSSR count). The lowest BCUT2D eigenvalue weighted by molar-refractivity contribution is -0.141. The number of aromatic nitrogens is 3. The van der Waals surface area contributed by atoms with Crippen LogP contribution in [0, 0.1) is 13.8 Å². The fourth-order valence-corrected chi connectivity index (χ4v) is 3.95. The number of pyridine rings is 3. The summed E-state index contributed by atoms with van der Waals surface area (Å²) in [5.41, 5.74) is 4.16. The van der Waals surface area contributed by atoms with Gasteiger partial charge in [-0.3, -0.25) is 4.98 Å². The summed E-state index contributed by atoms with van der Waals surface area (Å²) in [5.74, 6) is 1.65. The molecule has 1 aliphatic heterocycles. The summed E-state index contributed by atoms with van der Waals surface area (Å²) in [5, 5.41) is 6.58. The number of halogens is 3. The van der Waals surface area contributed by atoms with Crippen LogP contribution < -0.4 is 10.6 Å². The van der Waals surface area contributed by atoms with Crippen molar-refractivity contribution >= 4 is 11.6 Å². The van der Waals surface area contributed by atoms with Crippen molar-refractivity contribution in [2.45, 2.75) is 45.3 Å². The third-order valence-electron chi connectivity index (χ3n) is 5.62. The molecular weight excluding hydrogens is 403 g/mol. The largest absolute Gasteiger partial charge is 0.433 e. The molecule has 4 heterocycles. The van der Waals surface area contributed by atoms with E-state index in [1.165, 1.54) is 17.8 Å². The summed E-state index contributed by atoms with van der Waals surface area (Å²) in [6, 6.07) is 6.71. The van der Waals surface area contributed by atoms with Crippen molar-refractivity contribution in [1.82, 2.24) is 15.0 Å². The molecule has 0 saturated heterocycles. The third kappa shape index (κ3) is 4.47. The molecule has 1 unspecified atom stereocenters. The van der Waals surface area contributed by atoms with Crippen LogP contribution in [-0.4, -0.2) is 21.5 Å². The van der Waals surface area contributed by atoms with E-state index >= 15 is 0 Å². The molecule has 1 aliphatic rings. The Labute approximate surface area is 179 Å². The quantitative estimate of drug-likeness (QED) is 0.597. The number of hydrogen-bond acceptors (Lipinski definition) is 5. The zero-order chi connectivity index (χ0) is 22.2. The molecule has 8 heteroatoms. The van der Waals surface area contributed by atoms with Gasteiger partial charge < -0.3 is 10.6 Å². The number of aryl methyl sites for hydroxylation is 2. The van der Waals surface area contributed by atoms with Gasteiger partial charge in [-0.05, 0) is 48.6 Å². The van der Waals surface area contributed by atoms with E-state index < -0.39 is 11.9 Å². The molecule has 0 radical (unpaired) electrons. The second-order valence-corrected chi connectivity index (χ2v) is 8.41. The second kappa shape index (κ2) is 7.83. The lowest BCUT2D eigenvalue weighted by Gasteiger charge is -2.24. The van der Waals surface area contributed by atoms with Gasteiger partial charge in [0.1, 0.15) is 17.3 Å². The molecule has 162 valence electrons. The Morgan fingerprint density at radius 3 is 2.48 bits per heavy atom. The first-order chi connectivity index (χ1) is 14.6. The minimum Gasteiger partial charge on any atom is -0.369 e. The van der Waals surface area contributed by atoms with E-state index in [2.05, 4.69) is 44.6 Å². The molecule has 0 fully saturated rings. The van der Waals surface area contributed by atoms with Gasteiger partial charge in [-0.25, -0.2) is 9.97 Å². The van der Waals surface area contributed by atoms with Crippen molar-refractivity contribution in [2.24, 2.45) is 0 Å². The first kappa shape index (κ1) is 21.1. The van der Waals surface area contributed by atoms with Gasteiger partial charge in [0.15, 0.2) is 0 Å². The molecule has 0 bridgehead atoms. The van der Waals surface area contributed by atoms with Crippen LogP contribution >= 0.6 is 0 Å². The third-order valence-corrected chi connectivity index (χ3v) is 5.62. The topological polar surface area (TPSA) is 62.7 Å². The summed E-state index contributed by atoms with van der Waals surface area (Å²) in [4.78, 5) is 12.5. The average Bonchev–Trinajstić information content (AvgIpc) is 3.03. The number of rotatable bonds is 5. The van der Waals surface area contributed by atoms with E-state index in [-0.39, 0.29) is 5.41 Å². The van der Waals surface area contributed by atoms with Crippen molar-refractivity contribution in [3.8, 4) is 0 Å². The number of fused-ring (bicyclic) bond motifs is 1. The minimum absolute atomic E-state index is 0.0662. The highest BCUT2D eigenvalue weighted by Crippen LogP contribution is 2.38. The first-order valence-corrected chi connectivity index (χ1v) is 10.1. The molecule has 5 nitrogen and oxygen atoms in total. The Kier molecular flexibility index (Phi) is 5.33. The average molecular weight is 427 g/mol. The number of nitrogens with one attached hydrogen (secondary N) is 2. The van der Waals surface area contributed by atoms with E-state index in [1.54, 1.807) is 0 Å². The maximum Gasteiger partial charge on any atom is 0.433 e. The number of anilines is 2. The Morgan fingerprint density at radius 2 is 1.81 bits per heavy atom. The Morgan fingerprint density at radius 1 is 1.03 bits per heavy atom. The molecule has 3 aromatic rings. The zero-order valence-corrected chi connectivity index (χ0v) is 17.6. The molecule has 0 spiro atoms. The minimum atomic E-state index is -4.43. The van der Waals surface area contributed by atoms with Crippen LogP contribution in [0.15, 0.2) is 42.9 Å². The molecule has 0 aliphatic carbocycles. The van der Waals surface area contributed by atoms with E-state index in [4.69, 9.17) is 0 Å². The standard InChI is InChI=1S/C23H24F3N5/c1-14-6-18-21(28-9-14)31-13-22(18,3)8-17-7-15(2)20(30-12-17)29-11-16-4-5-19(27-10-16)23(24,25)26/h4-7,9-10,12H,8,11,13H2,1-3H3,(H,28,31)(H,29,30). The van der Waals surface area contributed by atoms with Gasteiger partial charge in [0.25, 0.3) is 0 Å². The molecule has 2 N–H and O–H groups in total.